The molecule has 0 aliphatic rings. The fourth-order valence-corrected chi connectivity index (χ4v) is 2.87. The summed E-state index contributed by atoms with van der Waals surface area (Å²) in [5, 5.41) is 14.3. The van der Waals surface area contributed by atoms with Crippen LogP contribution < -0.4 is 10.9 Å². The average molecular weight is 387 g/mol. The molecule has 0 spiro atoms. The number of nitrogens with one attached hydrogen (secondary N) is 1. The molecular weight excluding hydrogens is 372 g/mol. The first-order valence-corrected chi connectivity index (χ1v) is 8.41. The molecule has 0 saturated heterocycles. The van der Waals surface area contributed by atoms with Crippen molar-refractivity contribution in [2.24, 2.45) is 0 Å². The Morgan fingerprint density at radius 2 is 2.11 bits per heavy atom. The quantitative estimate of drug-likeness (QED) is 0.536. The second-order valence-electron chi connectivity index (χ2n) is 5.98. The third kappa shape index (κ3) is 4.12. The van der Waals surface area contributed by atoms with Crippen molar-refractivity contribution in [1.82, 2.24) is 14.9 Å². The van der Waals surface area contributed by atoms with Gasteiger partial charge in [0, 0.05) is 17.2 Å². The molecule has 0 aliphatic carbocycles. The van der Waals surface area contributed by atoms with Crippen molar-refractivity contribution >= 4 is 34.1 Å². The van der Waals surface area contributed by atoms with Crippen molar-refractivity contribution in [2.45, 2.75) is 19.5 Å². The Labute approximate surface area is 158 Å². The van der Waals surface area contributed by atoms with Crippen LogP contribution in [0.5, 0.6) is 0 Å². The molecule has 1 aromatic heterocycles. The lowest BCUT2D eigenvalue weighted by molar-refractivity contribution is -0.384. The molecular formula is C18H15ClN4O4. The Balaban J connectivity index is 1.81. The van der Waals surface area contributed by atoms with E-state index in [0.717, 1.165) is 16.2 Å². The van der Waals surface area contributed by atoms with E-state index in [4.69, 9.17) is 11.6 Å². The highest BCUT2D eigenvalue weighted by Gasteiger charge is 2.14. The molecule has 1 atom stereocenters. The van der Waals surface area contributed by atoms with Crippen molar-refractivity contribution < 1.29 is 9.72 Å². The number of nitrogens with zero attached hydrogens (tertiary/aromatic N) is 3. The van der Waals surface area contributed by atoms with Crippen LogP contribution in [-0.4, -0.2) is 20.4 Å². The zero-order valence-electron chi connectivity index (χ0n) is 14.3. The zero-order valence-corrected chi connectivity index (χ0v) is 15.0. The number of hydrogen-bond acceptors (Lipinski definition) is 5. The average Bonchev–Trinajstić information content (AvgIpc) is 2.63. The molecule has 9 heteroatoms. The number of amides is 1. The summed E-state index contributed by atoms with van der Waals surface area (Å²) in [6.45, 7) is 1.55. The number of hydrogen-bond donors (Lipinski definition) is 1. The molecule has 0 aliphatic heterocycles. The number of carbonyl (C=O) groups is 1. The molecule has 1 amide bonds. The SMILES string of the molecule is C[C@@H](NC(=O)Cn1cnc2ccc([N+](=O)[O-])cc2c1=O)c1cccc(Cl)c1. The molecule has 8 nitrogen and oxygen atoms in total. The van der Waals surface area contributed by atoms with E-state index < -0.39 is 16.4 Å². The minimum Gasteiger partial charge on any atom is -0.348 e. The van der Waals surface area contributed by atoms with Crippen LogP contribution in [0.1, 0.15) is 18.5 Å². The molecule has 0 radical (unpaired) electrons. The molecule has 0 bridgehead atoms. The summed E-state index contributed by atoms with van der Waals surface area (Å²) in [6.07, 6.45) is 1.25. The number of halogens is 1. The largest absolute Gasteiger partial charge is 0.348 e. The molecule has 138 valence electrons. The van der Waals surface area contributed by atoms with E-state index in [1.807, 2.05) is 6.07 Å². The molecule has 3 rings (SSSR count). The molecule has 0 fully saturated rings. The number of aromatic nitrogens is 2. The van der Waals surface area contributed by atoms with Crippen LogP contribution in [0, 0.1) is 10.1 Å². The Morgan fingerprint density at radius 3 is 2.81 bits per heavy atom. The van der Waals surface area contributed by atoms with Gasteiger partial charge < -0.3 is 5.32 Å². The van der Waals surface area contributed by atoms with E-state index in [9.17, 15) is 19.7 Å². The predicted molar refractivity (Wildman–Crippen MR) is 101 cm³/mol. The molecule has 0 saturated carbocycles. The molecule has 27 heavy (non-hydrogen) atoms. The number of rotatable bonds is 5. The summed E-state index contributed by atoms with van der Waals surface area (Å²) >= 11 is 5.95. The molecule has 0 unspecified atom stereocenters. The van der Waals surface area contributed by atoms with Gasteiger partial charge in [-0.2, -0.15) is 0 Å². The normalized spacial score (nSPS) is 11.9. The van der Waals surface area contributed by atoms with Crippen LogP contribution >= 0.6 is 11.6 Å². The number of nitro benzene ring substituents is 1. The van der Waals surface area contributed by atoms with E-state index >= 15 is 0 Å². The number of carbonyl (C=O) groups excluding carboxylic acids is 1. The number of benzene rings is 2. The number of non-ortho nitro benzene ring substituents is 1. The van der Waals surface area contributed by atoms with Crippen LogP contribution in [0.25, 0.3) is 10.9 Å². The second-order valence-corrected chi connectivity index (χ2v) is 6.42. The molecule has 1 heterocycles. The minimum absolute atomic E-state index is 0.0855. The number of nitro groups is 1. The lowest BCUT2D eigenvalue weighted by Crippen LogP contribution is -2.34. The maximum absolute atomic E-state index is 12.5. The Kier molecular flexibility index (Phi) is 5.18. The highest BCUT2D eigenvalue weighted by atomic mass is 35.5. The summed E-state index contributed by atoms with van der Waals surface area (Å²) < 4.78 is 1.12. The third-order valence-corrected chi connectivity index (χ3v) is 4.29. The first-order valence-electron chi connectivity index (χ1n) is 8.03. The maximum Gasteiger partial charge on any atom is 0.270 e. The van der Waals surface area contributed by atoms with Gasteiger partial charge >= 0.3 is 0 Å². The van der Waals surface area contributed by atoms with Crippen LogP contribution in [0.3, 0.4) is 0 Å². The van der Waals surface area contributed by atoms with Gasteiger partial charge in [0.2, 0.25) is 5.91 Å². The first kappa shape index (κ1) is 18.5. The summed E-state index contributed by atoms with van der Waals surface area (Å²) in [6, 6.07) is 10.6. The highest BCUT2D eigenvalue weighted by Crippen LogP contribution is 2.18. The Morgan fingerprint density at radius 1 is 1.33 bits per heavy atom. The van der Waals surface area contributed by atoms with Gasteiger partial charge in [0.15, 0.2) is 0 Å². The summed E-state index contributed by atoms with van der Waals surface area (Å²) in [4.78, 5) is 39.2. The van der Waals surface area contributed by atoms with Crippen molar-refractivity contribution in [2.75, 3.05) is 0 Å². The van der Waals surface area contributed by atoms with E-state index in [1.54, 1.807) is 25.1 Å². The third-order valence-electron chi connectivity index (χ3n) is 4.06. The topological polar surface area (TPSA) is 107 Å². The summed E-state index contributed by atoms with van der Waals surface area (Å²) in [7, 11) is 0. The van der Waals surface area contributed by atoms with Gasteiger partial charge in [-0.25, -0.2) is 4.98 Å². The van der Waals surface area contributed by atoms with Crippen LogP contribution in [0.4, 0.5) is 5.69 Å². The van der Waals surface area contributed by atoms with Crippen molar-refractivity contribution in [3.05, 3.63) is 79.8 Å². The standard InChI is InChI=1S/C18H15ClN4O4/c1-11(12-3-2-4-13(19)7-12)21-17(24)9-22-10-20-16-6-5-14(23(26)27)8-15(16)18(22)25/h2-8,10-11H,9H2,1H3,(H,21,24)/t11-/m1/s1. The smallest absolute Gasteiger partial charge is 0.270 e. The van der Waals surface area contributed by atoms with Crippen LogP contribution in [0.15, 0.2) is 53.6 Å². The molecule has 2 aromatic carbocycles. The van der Waals surface area contributed by atoms with E-state index in [-0.39, 0.29) is 23.7 Å². The summed E-state index contributed by atoms with van der Waals surface area (Å²) in [5.41, 5.74) is 0.428. The zero-order chi connectivity index (χ0) is 19.6. The van der Waals surface area contributed by atoms with Gasteiger partial charge in [-0.1, -0.05) is 23.7 Å². The van der Waals surface area contributed by atoms with Gasteiger partial charge in [-0.3, -0.25) is 24.3 Å². The van der Waals surface area contributed by atoms with Crippen molar-refractivity contribution in [3.63, 3.8) is 0 Å². The fraction of sp³-hybridized carbons (Fsp3) is 0.167. The second kappa shape index (κ2) is 7.55. The molecule has 3 aromatic rings. The van der Waals surface area contributed by atoms with E-state index in [1.165, 1.54) is 18.5 Å². The van der Waals surface area contributed by atoms with Gasteiger partial charge in [0.25, 0.3) is 11.2 Å². The van der Waals surface area contributed by atoms with E-state index in [2.05, 4.69) is 10.3 Å². The van der Waals surface area contributed by atoms with Gasteiger partial charge in [-0.05, 0) is 30.7 Å². The lowest BCUT2D eigenvalue weighted by Gasteiger charge is -2.15. The summed E-state index contributed by atoms with van der Waals surface area (Å²) in [5.74, 6) is -0.392. The van der Waals surface area contributed by atoms with Crippen LogP contribution in [0.2, 0.25) is 5.02 Å². The lowest BCUT2D eigenvalue weighted by atomic mass is 10.1. The number of fused-ring (bicyclic) bond motifs is 1. The monoisotopic (exact) mass is 386 g/mol. The van der Waals surface area contributed by atoms with Gasteiger partial charge in [0.1, 0.15) is 6.54 Å². The predicted octanol–water partition coefficient (Wildman–Crippen LogP) is 2.84. The Hall–Kier alpha value is -3.26. The maximum atomic E-state index is 12.5. The minimum atomic E-state index is -0.588. The van der Waals surface area contributed by atoms with E-state index in [0.29, 0.717) is 10.5 Å². The van der Waals surface area contributed by atoms with Crippen molar-refractivity contribution in [3.8, 4) is 0 Å². The van der Waals surface area contributed by atoms with Crippen molar-refractivity contribution in [1.29, 1.82) is 0 Å². The molecule has 1 N–H and O–H groups in total. The van der Waals surface area contributed by atoms with Crippen LogP contribution in [-0.2, 0) is 11.3 Å². The first-order chi connectivity index (χ1) is 12.8. The highest BCUT2D eigenvalue weighted by molar-refractivity contribution is 6.30. The van der Waals surface area contributed by atoms with Gasteiger partial charge in [0.05, 0.1) is 28.2 Å². The fourth-order valence-electron chi connectivity index (χ4n) is 2.67. The Bertz CT molecular complexity index is 1100. The van der Waals surface area contributed by atoms with Gasteiger partial charge in [-0.15, -0.1) is 0 Å².